The molecule has 6 heterocycles. The number of aromatic nitrogens is 4. The zero-order valence-electron chi connectivity index (χ0n) is 40.8. The smallest absolute Gasteiger partial charge is 0.254 e. The van der Waals surface area contributed by atoms with Crippen molar-refractivity contribution in [1.82, 2.24) is 29.4 Å². The number of hydrogen-bond donors (Lipinski definition) is 4. The topological polar surface area (TPSA) is 223 Å². The van der Waals surface area contributed by atoms with Crippen molar-refractivity contribution in [1.29, 1.82) is 0 Å². The van der Waals surface area contributed by atoms with Gasteiger partial charge in [-0.05, 0) is 124 Å². The van der Waals surface area contributed by atoms with Gasteiger partial charge in [-0.1, -0.05) is 13.2 Å². The number of benzene rings is 2. The van der Waals surface area contributed by atoms with E-state index in [9.17, 15) is 19.2 Å². The highest BCUT2D eigenvalue weighted by Gasteiger charge is 2.39. The van der Waals surface area contributed by atoms with Crippen molar-refractivity contribution in [2.75, 3.05) is 78.3 Å². The van der Waals surface area contributed by atoms with E-state index >= 15 is 0 Å². The quantitative estimate of drug-likeness (QED) is 0.0976. The maximum Gasteiger partial charge on any atom is 0.254 e. The van der Waals surface area contributed by atoms with Crippen LogP contribution in [0.15, 0.2) is 49.6 Å². The highest BCUT2D eigenvalue weighted by atomic mass is 16.5. The van der Waals surface area contributed by atoms with Crippen LogP contribution in [0, 0.1) is 11.8 Å². The van der Waals surface area contributed by atoms with Crippen molar-refractivity contribution in [2.24, 2.45) is 23.3 Å². The number of ether oxygens (including phenoxy) is 4. The molecule has 0 bridgehead atoms. The summed E-state index contributed by atoms with van der Waals surface area (Å²) in [4.78, 5) is 53.0. The summed E-state index contributed by atoms with van der Waals surface area (Å²) in [5.41, 5.74) is 17.2. The highest BCUT2D eigenvalue weighted by molar-refractivity contribution is 6.05. The molecule has 6 N–H and O–H groups in total. The summed E-state index contributed by atoms with van der Waals surface area (Å²) in [5, 5.41) is 16.6. The first-order valence-corrected chi connectivity index (χ1v) is 24.6. The molecule has 372 valence electrons. The summed E-state index contributed by atoms with van der Waals surface area (Å²) in [7, 11) is 6.61. The second-order valence-corrected chi connectivity index (χ2v) is 19.2. The Morgan fingerprint density at radius 3 is 1.16 bits per heavy atom. The van der Waals surface area contributed by atoms with E-state index < -0.39 is 11.8 Å². The van der Waals surface area contributed by atoms with Gasteiger partial charge in [-0.2, -0.15) is 10.2 Å². The lowest BCUT2D eigenvalue weighted by atomic mass is 9.87. The van der Waals surface area contributed by atoms with Gasteiger partial charge >= 0.3 is 0 Å². The van der Waals surface area contributed by atoms with E-state index in [1.165, 1.54) is 12.2 Å². The number of carbonyl (C=O) groups is 4. The van der Waals surface area contributed by atoms with Crippen LogP contribution in [0.3, 0.4) is 0 Å². The average molecular weight is 959 g/mol. The Morgan fingerprint density at radius 1 is 0.557 bits per heavy atom. The van der Waals surface area contributed by atoms with Gasteiger partial charge in [-0.25, -0.2) is 9.36 Å². The number of rotatable bonds is 14. The number of amides is 4. The Hall–Kier alpha value is -6.98. The molecule has 0 radical (unpaired) electrons. The van der Waals surface area contributed by atoms with E-state index in [4.69, 9.17) is 40.6 Å². The van der Waals surface area contributed by atoms with Gasteiger partial charge in [0.1, 0.15) is 57.1 Å². The van der Waals surface area contributed by atoms with E-state index in [2.05, 4.69) is 23.8 Å². The summed E-state index contributed by atoms with van der Waals surface area (Å²) in [6.45, 7) is 11.5. The molecule has 2 aromatic carbocycles. The van der Waals surface area contributed by atoms with Crippen molar-refractivity contribution in [3.05, 3.63) is 71.8 Å². The number of fused-ring (bicyclic) bond motifs is 2. The minimum Gasteiger partial charge on any atom is -0.496 e. The standard InChI is InChI=1S/2C26H33N5O4/c2*1-4-21(32)30-11-8-15(9-12-30)18-7-10-28-26-23(25(27)33)24(29-31(18)26)17-13-19(34-2)22(16-5-6-16)20(14-17)35-3/h2*4,13-16,18,28H,1,5-12H2,2-3H3,(H2,27,33). The zero-order valence-corrected chi connectivity index (χ0v) is 40.8. The number of nitrogens with one attached hydrogen (secondary N) is 2. The van der Waals surface area contributed by atoms with Crippen LogP contribution in [0.2, 0.25) is 0 Å². The van der Waals surface area contributed by atoms with Crippen LogP contribution in [0.4, 0.5) is 11.6 Å². The zero-order chi connectivity index (χ0) is 49.4. The van der Waals surface area contributed by atoms with Crippen molar-refractivity contribution >= 4 is 35.3 Å². The number of nitrogens with zero attached hydrogens (tertiary/aromatic N) is 6. The number of nitrogens with two attached hydrogens (primary N) is 2. The summed E-state index contributed by atoms with van der Waals surface area (Å²) >= 11 is 0. The number of methoxy groups -OCH3 is 4. The van der Waals surface area contributed by atoms with Crippen LogP contribution in [0.5, 0.6) is 23.0 Å². The molecule has 2 aliphatic carbocycles. The fraction of sp³-hybridized carbons (Fsp3) is 0.500. The molecule has 70 heavy (non-hydrogen) atoms. The van der Waals surface area contributed by atoms with E-state index in [-0.39, 0.29) is 23.9 Å². The molecule has 2 atom stereocenters. The first-order chi connectivity index (χ1) is 33.9. The summed E-state index contributed by atoms with van der Waals surface area (Å²) in [6.07, 6.45) is 12.5. The fourth-order valence-corrected chi connectivity index (χ4v) is 11.3. The Balaban J connectivity index is 0.000000174. The van der Waals surface area contributed by atoms with E-state index in [0.29, 0.717) is 84.0 Å². The number of carbonyl (C=O) groups excluding carboxylic acids is 4. The minimum absolute atomic E-state index is 0.0237. The molecule has 4 aliphatic heterocycles. The molecule has 18 nitrogen and oxygen atoms in total. The number of anilines is 2. The molecule has 18 heteroatoms. The van der Waals surface area contributed by atoms with Crippen molar-refractivity contribution in [3.63, 3.8) is 0 Å². The third-order valence-electron chi connectivity index (χ3n) is 15.2. The Bertz CT molecular complexity index is 2450. The van der Waals surface area contributed by atoms with Crippen LogP contribution in [-0.4, -0.2) is 121 Å². The highest BCUT2D eigenvalue weighted by Crippen LogP contribution is 2.52. The van der Waals surface area contributed by atoms with E-state index in [1.54, 1.807) is 28.4 Å². The molecule has 0 spiro atoms. The molecule has 2 unspecified atom stereocenters. The third-order valence-corrected chi connectivity index (χ3v) is 15.2. The maximum atomic E-state index is 12.7. The van der Waals surface area contributed by atoms with Crippen molar-refractivity contribution < 1.29 is 38.1 Å². The molecule has 6 aliphatic rings. The molecule has 2 aromatic heterocycles. The Kier molecular flexibility index (Phi) is 13.8. The molecule has 4 fully saturated rings. The van der Waals surface area contributed by atoms with Gasteiger partial charge in [-0.15, -0.1) is 0 Å². The van der Waals surface area contributed by atoms with Gasteiger partial charge in [-0.3, -0.25) is 19.2 Å². The maximum absolute atomic E-state index is 12.7. The number of likely N-dealkylation sites (tertiary alicyclic amines) is 2. The fourth-order valence-electron chi connectivity index (χ4n) is 11.3. The van der Waals surface area contributed by atoms with Crippen molar-refractivity contribution in [2.45, 2.75) is 88.1 Å². The molecule has 2 saturated carbocycles. The predicted molar refractivity (Wildman–Crippen MR) is 266 cm³/mol. The van der Waals surface area contributed by atoms with Gasteiger partial charge in [0.25, 0.3) is 11.8 Å². The normalized spacial score (nSPS) is 20.1. The van der Waals surface area contributed by atoms with Crippen molar-refractivity contribution in [3.8, 4) is 45.5 Å². The number of primary amides is 2. The second kappa shape index (κ2) is 20.2. The summed E-state index contributed by atoms with van der Waals surface area (Å²) in [6, 6.07) is 7.98. The lowest BCUT2D eigenvalue weighted by Crippen LogP contribution is -2.41. The minimum atomic E-state index is -0.523. The average Bonchev–Trinajstić information content (AvgIpc) is 4.34. The molecular formula is C52H66N10O8. The summed E-state index contributed by atoms with van der Waals surface area (Å²) < 4.78 is 26.8. The predicted octanol–water partition coefficient (Wildman–Crippen LogP) is 6.65. The first-order valence-electron chi connectivity index (χ1n) is 24.6. The monoisotopic (exact) mass is 959 g/mol. The van der Waals surface area contributed by atoms with Gasteiger partial charge in [0.2, 0.25) is 11.8 Å². The van der Waals surface area contributed by atoms with Gasteiger partial charge in [0, 0.05) is 61.5 Å². The van der Waals surface area contributed by atoms with Crippen LogP contribution < -0.4 is 41.0 Å². The van der Waals surface area contributed by atoms with Crippen LogP contribution >= 0.6 is 0 Å². The third kappa shape index (κ3) is 9.15. The van der Waals surface area contributed by atoms with Gasteiger partial charge < -0.3 is 50.8 Å². The van der Waals surface area contributed by atoms with Crippen LogP contribution in [0.1, 0.15) is 120 Å². The first kappa shape index (κ1) is 48.1. The molecular weight excluding hydrogens is 893 g/mol. The number of piperidine rings is 2. The second-order valence-electron chi connectivity index (χ2n) is 19.2. The number of hydrogen-bond acceptors (Lipinski definition) is 12. The van der Waals surface area contributed by atoms with Gasteiger partial charge in [0.15, 0.2) is 0 Å². The molecule has 4 amide bonds. The van der Waals surface area contributed by atoms with Crippen LogP contribution in [0.25, 0.3) is 22.5 Å². The van der Waals surface area contributed by atoms with E-state index in [1.807, 2.05) is 43.4 Å². The largest absolute Gasteiger partial charge is 0.496 e. The Labute approximate surface area is 408 Å². The van der Waals surface area contributed by atoms with Crippen LogP contribution in [-0.2, 0) is 9.59 Å². The summed E-state index contributed by atoms with van der Waals surface area (Å²) in [5.74, 6) is 4.77. The van der Waals surface area contributed by atoms with E-state index in [0.717, 1.165) is 123 Å². The lowest BCUT2D eigenvalue weighted by molar-refractivity contribution is -0.128. The molecule has 4 aromatic rings. The molecule has 2 saturated heterocycles. The SMILES string of the molecule is C=CC(=O)N1CCC(C2CCNc3c(C(N)=O)c(-c4cc(OC)c(C5CC5)c(OC)c4)nn32)CC1.C=CC(=O)N1CCC(C2CCNc3c(C(N)=O)c(-c4cc(OC)c(C5CC5)c(OC)c4)nn32)CC1. The van der Waals surface area contributed by atoms with Gasteiger partial charge in [0.05, 0.1) is 40.5 Å². The Morgan fingerprint density at radius 2 is 0.886 bits per heavy atom. The molecule has 10 rings (SSSR count). The lowest BCUT2D eigenvalue weighted by Gasteiger charge is -2.38.